The molecule has 1 fully saturated rings. The molecule has 0 unspecified atom stereocenters. The van der Waals surface area contributed by atoms with Gasteiger partial charge in [-0.25, -0.2) is 0 Å². The monoisotopic (exact) mass is 1560 g/mol. The third-order valence-corrected chi connectivity index (χ3v) is 18.5. The van der Waals surface area contributed by atoms with Crippen molar-refractivity contribution in [3.63, 3.8) is 0 Å². The van der Waals surface area contributed by atoms with Crippen molar-refractivity contribution in [2.75, 3.05) is 30.3 Å². The number of aliphatic hydroxyl groups is 1. The first-order chi connectivity index (χ1) is 53.3. The number of rotatable bonds is 40. The van der Waals surface area contributed by atoms with E-state index in [9.17, 15) is 62.6 Å². The number of anilines is 2. The Kier molecular flexibility index (Phi) is 33.6. The number of primary amides is 1. The van der Waals surface area contributed by atoms with E-state index in [1.165, 1.54) is 75.2 Å². The summed E-state index contributed by atoms with van der Waals surface area (Å²) in [5.41, 5.74) is 8.02. The van der Waals surface area contributed by atoms with Crippen molar-refractivity contribution >= 4 is 116 Å². The second-order valence-corrected chi connectivity index (χ2v) is 28.8. The Morgan fingerprint density at radius 3 is 1.50 bits per heavy atom. The van der Waals surface area contributed by atoms with Crippen LogP contribution < -0.4 is 74.9 Å². The number of hydrogen-bond acceptors (Lipinski definition) is 17. The SMILES string of the molecule is CC(=O)Nc1ccc(C[C@H](NC(=O)[C@H](CO)NC(=O)[C@@H](NC(=O)c2cccnc2)NC(=O)[C@@H](Cc2ccc(Cl)cc2)NC(=O)[C@@H](Cc2ccc3ccccc3c2)NC(C)=O)C(=O)N[C@H](Cc2ccc(NC(C)=O)cc2)C(=O)N[C@@H](CC(C)C)C(=O)N[C@@H](CCCCNC(C)C)C(=O)N2CCC[C@@H]2C(=O)N[C@H](C)C(N)=O)cc1. The summed E-state index contributed by atoms with van der Waals surface area (Å²) in [5.74, 6) is -11.7. The predicted octanol–water partition coefficient (Wildman–Crippen LogP) is 2.55. The fourth-order valence-electron chi connectivity index (χ4n) is 12.5. The van der Waals surface area contributed by atoms with E-state index in [0.717, 1.165) is 17.0 Å². The number of fused-ring (bicyclic) bond motifs is 1. The van der Waals surface area contributed by atoms with E-state index in [0.29, 0.717) is 64.5 Å². The van der Waals surface area contributed by atoms with Gasteiger partial charge in [-0.3, -0.25) is 72.1 Å². The molecule has 1 aliphatic rings. The lowest BCUT2D eigenvalue weighted by Gasteiger charge is -2.31. The average molecular weight is 1560 g/mol. The molecule has 31 nitrogen and oxygen atoms in total. The van der Waals surface area contributed by atoms with Gasteiger partial charge >= 0.3 is 0 Å². The van der Waals surface area contributed by atoms with Gasteiger partial charge in [0.05, 0.1) is 12.2 Å². The van der Waals surface area contributed by atoms with Gasteiger partial charge in [0.2, 0.25) is 70.9 Å². The Hall–Kier alpha value is -11.7. The van der Waals surface area contributed by atoms with Gasteiger partial charge in [-0.1, -0.05) is 118 Å². The van der Waals surface area contributed by atoms with Crippen LogP contribution in [0.3, 0.4) is 0 Å². The molecule has 1 aromatic heterocycles. The highest BCUT2D eigenvalue weighted by atomic mass is 35.5. The lowest BCUT2D eigenvalue weighted by molar-refractivity contribution is -0.142. The normalized spacial score (nSPS) is 14.9. The number of nitrogens with two attached hydrogens (primary N) is 1. The number of pyridine rings is 1. The molecule has 2 heterocycles. The topological polar surface area (TPSA) is 458 Å². The summed E-state index contributed by atoms with van der Waals surface area (Å²) in [5, 5.41) is 48.0. The van der Waals surface area contributed by atoms with E-state index in [1.807, 2.05) is 50.2 Å². The van der Waals surface area contributed by atoms with Crippen LogP contribution in [-0.4, -0.2) is 184 Å². The van der Waals surface area contributed by atoms with Gasteiger partial charge < -0.3 is 84.9 Å². The van der Waals surface area contributed by atoms with Crippen molar-refractivity contribution in [1.82, 2.24) is 68.4 Å². The van der Waals surface area contributed by atoms with Crippen LogP contribution in [0.25, 0.3) is 10.8 Å². The number of carbonyl (C=O) groups excluding carboxylic acids is 14. The van der Waals surface area contributed by atoms with E-state index in [4.69, 9.17) is 17.3 Å². The molecule has 7 rings (SSSR count). The largest absolute Gasteiger partial charge is 0.394 e. The minimum absolute atomic E-state index is 0.00400. The zero-order valence-corrected chi connectivity index (χ0v) is 64.7. The van der Waals surface area contributed by atoms with Crippen LogP contribution in [0.2, 0.25) is 5.02 Å². The second-order valence-electron chi connectivity index (χ2n) is 28.4. The molecule has 112 heavy (non-hydrogen) atoms. The standard InChI is InChI=1S/C80H101ClN16O15/c1-45(2)37-62(72(104)89-61(18-11-12-35-84-46(3)4)80(112)97-36-14-19-68(97)78(110)85-47(5)69(82)102)90-74(106)64(40-52-23-30-59(31-24-52)86-48(6)99)91-75(107)65(41-53-25-32-60(33-26-53)87-49(7)100)93-77(109)67(44-98)94-79(111)70(95-71(103)57-17-13-34-83-43-57)96-76(108)66(39-51-21-28-58(81)29-22-51)92-73(105)63(88-50(8)101)42-54-20-27-55-15-9-10-16-56(55)38-54/h9-10,13,15-17,20-34,38,43,45-47,61-68,70,84,98H,11-12,14,18-19,35-37,39-42,44H2,1-8H3,(H2,82,102)(H,85,110)(H,86,99)(H,87,100)(H,88,101)(H,89,104)(H,90,106)(H,91,107)(H,92,105)(H,93,109)(H,94,111)(H,95,103)(H,96,108)/t47-,61+,62+,63-,64-,65+,66-,67+,68-,70+/m1/s1. The summed E-state index contributed by atoms with van der Waals surface area (Å²) < 4.78 is 0. The van der Waals surface area contributed by atoms with Crippen LogP contribution in [0.1, 0.15) is 127 Å². The highest BCUT2D eigenvalue weighted by Gasteiger charge is 2.41. The quantitative estimate of drug-likeness (QED) is 0.0194. The first kappa shape index (κ1) is 87.5. The molecule has 598 valence electrons. The summed E-state index contributed by atoms with van der Waals surface area (Å²) in [6.07, 6.45) is 1.32. The van der Waals surface area contributed by atoms with Gasteiger partial charge in [0, 0.05) is 87.8 Å². The lowest BCUT2D eigenvalue weighted by atomic mass is 9.99. The minimum Gasteiger partial charge on any atom is -0.394 e. The Labute approximate surface area is 654 Å². The highest BCUT2D eigenvalue weighted by molar-refractivity contribution is 6.30. The molecule has 10 atom stereocenters. The number of amides is 14. The molecule has 0 aliphatic carbocycles. The smallest absolute Gasteiger partial charge is 0.264 e. The van der Waals surface area contributed by atoms with Gasteiger partial charge in [-0.2, -0.15) is 0 Å². The molecule has 32 heteroatoms. The third-order valence-electron chi connectivity index (χ3n) is 18.2. The molecule has 1 saturated heterocycles. The van der Waals surface area contributed by atoms with E-state index >= 15 is 9.59 Å². The molecular formula is C80H101ClN16O15. The van der Waals surface area contributed by atoms with Crippen molar-refractivity contribution in [3.8, 4) is 0 Å². The first-order valence-electron chi connectivity index (χ1n) is 37.1. The number of carbonyl (C=O) groups is 14. The second kappa shape index (κ2) is 43.0. The number of aliphatic hydroxyl groups excluding tert-OH is 1. The van der Waals surface area contributed by atoms with Crippen LogP contribution >= 0.6 is 11.6 Å². The maximum absolute atomic E-state index is 15.3. The summed E-state index contributed by atoms with van der Waals surface area (Å²) in [6.45, 7) is 12.4. The molecule has 1 aliphatic heterocycles. The van der Waals surface area contributed by atoms with Crippen LogP contribution in [0.15, 0.2) is 140 Å². The van der Waals surface area contributed by atoms with Crippen molar-refractivity contribution in [3.05, 3.63) is 173 Å². The maximum atomic E-state index is 15.3. The number of halogens is 1. The van der Waals surface area contributed by atoms with Crippen molar-refractivity contribution < 1.29 is 72.2 Å². The fourth-order valence-corrected chi connectivity index (χ4v) is 12.6. The van der Waals surface area contributed by atoms with E-state index < -0.39 is 144 Å². The summed E-state index contributed by atoms with van der Waals surface area (Å²) in [4.78, 5) is 201. The maximum Gasteiger partial charge on any atom is 0.264 e. The van der Waals surface area contributed by atoms with Crippen LogP contribution in [0, 0.1) is 5.92 Å². The van der Waals surface area contributed by atoms with E-state index in [2.05, 4.69) is 74.1 Å². The molecule has 0 radical (unpaired) electrons. The minimum atomic E-state index is -2.12. The zero-order valence-electron chi connectivity index (χ0n) is 63.9. The summed E-state index contributed by atoms with van der Waals surface area (Å²) >= 11 is 6.24. The predicted molar refractivity (Wildman–Crippen MR) is 420 cm³/mol. The first-order valence-corrected chi connectivity index (χ1v) is 37.5. The van der Waals surface area contributed by atoms with Crippen LogP contribution in [0.5, 0.6) is 0 Å². The Morgan fingerprint density at radius 1 is 0.509 bits per heavy atom. The van der Waals surface area contributed by atoms with Gasteiger partial charge in [0.1, 0.15) is 54.4 Å². The fraction of sp³-hybridized carbons (Fsp3) is 0.412. The molecule has 0 saturated carbocycles. The number of nitrogens with one attached hydrogen (secondary N) is 13. The van der Waals surface area contributed by atoms with Crippen LogP contribution in [0.4, 0.5) is 11.4 Å². The Morgan fingerprint density at radius 2 is 0.991 bits per heavy atom. The number of benzene rings is 5. The number of nitrogens with zero attached hydrogens (tertiary/aromatic N) is 2. The number of likely N-dealkylation sites (tertiary alicyclic amines) is 1. The average Bonchev–Trinajstić information content (AvgIpc) is 1.24. The third kappa shape index (κ3) is 28.0. The molecule has 5 aromatic carbocycles. The molecule has 14 amide bonds. The summed E-state index contributed by atoms with van der Waals surface area (Å²) in [6, 6.07) is 21.9. The number of hydrogen-bond donors (Lipinski definition) is 15. The molecular weight excluding hydrogens is 1460 g/mol. The van der Waals surface area contributed by atoms with Crippen molar-refractivity contribution in [1.29, 1.82) is 0 Å². The van der Waals surface area contributed by atoms with Gasteiger partial charge in [0.15, 0.2) is 6.17 Å². The Balaban J connectivity index is 1.19. The van der Waals surface area contributed by atoms with Gasteiger partial charge in [0.25, 0.3) is 11.8 Å². The number of aromatic nitrogens is 1. The van der Waals surface area contributed by atoms with Crippen molar-refractivity contribution in [2.24, 2.45) is 11.7 Å². The molecule has 0 bridgehead atoms. The lowest BCUT2D eigenvalue weighted by Crippen LogP contribution is -2.64. The molecule has 16 N–H and O–H groups in total. The van der Waals surface area contributed by atoms with Gasteiger partial charge in [-0.05, 0) is 139 Å². The highest BCUT2D eigenvalue weighted by Crippen LogP contribution is 2.23. The molecule has 0 spiro atoms. The van der Waals surface area contributed by atoms with Crippen LogP contribution in [-0.2, 0) is 88.0 Å². The van der Waals surface area contributed by atoms with E-state index in [1.54, 1.807) is 68.4 Å². The van der Waals surface area contributed by atoms with Crippen molar-refractivity contribution in [2.45, 2.75) is 186 Å². The van der Waals surface area contributed by atoms with E-state index in [-0.39, 0.29) is 74.9 Å². The van der Waals surface area contributed by atoms with Gasteiger partial charge in [-0.15, -0.1) is 0 Å². The summed E-state index contributed by atoms with van der Waals surface area (Å²) in [7, 11) is 0. The molecule has 6 aromatic rings. The Bertz CT molecular complexity index is 4310. The zero-order chi connectivity index (χ0) is 81.7. The number of unbranched alkanes of at least 4 members (excludes halogenated alkanes) is 1.